The molecule has 10 heterocycles. The van der Waals surface area contributed by atoms with E-state index in [2.05, 4.69) is 170 Å². The predicted molar refractivity (Wildman–Crippen MR) is 286 cm³/mol. The Kier molecular flexibility index (Phi) is 12.4. The Hall–Kier alpha value is -8.45. The highest BCUT2D eigenvalue weighted by Crippen LogP contribution is 2.37. The zero-order chi connectivity index (χ0) is 46.8. The van der Waals surface area contributed by atoms with Gasteiger partial charge in [0.2, 0.25) is 5.78 Å². The molecule has 70 heavy (non-hydrogen) atoms. The number of rotatable bonds is 0. The van der Waals surface area contributed by atoms with Crippen LogP contribution in [-0.4, -0.2) is 61.8 Å². The highest BCUT2D eigenvalue weighted by atomic mass is 15.2. The number of H-pyrrole nitrogens is 2. The number of nitrogens with one attached hydrogen (secondary N) is 2. The van der Waals surface area contributed by atoms with E-state index < -0.39 is 0 Å². The van der Waals surface area contributed by atoms with Gasteiger partial charge in [-0.15, -0.1) is 0 Å². The van der Waals surface area contributed by atoms with E-state index in [0.29, 0.717) is 0 Å². The summed E-state index contributed by atoms with van der Waals surface area (Å²) in [5.41, 5.74) is 22.5. The number of aromatic nitrogens is 13. The van der Waals surface area contributed by atoms with Crippen LogP contribution in [0.1, 0.15) is 66.1 Å². The van der Waals surface area contributed by atoms with Gasteiger partial charge in [-0.05, 0) is 94.3 Å². The molecule has 15 rings (SSSR count). The maximum absolute atomic E-state index is 4.60. The molecule has 0 fully saturated rings. The third kappa shape index (κ3) is 8.12. The lowest BCUT2D eigenvalue weighted by atomic mass is 10.1. The molecule has 0 spiro atoms. The molecule has 0 amide bonds. The Morgan fingerprint density at radius 1 is 0.500 bits per heavy atom. The minimum atomic E-state index is 0. The molecule has 0 radical (unpaired) electrons. The third-order valence-corrected chi connectivity index (χ3v) is 13.3. The smallest absolute Gasteiger partial charge is 0.214 e. The summed E-state index contributed by atoms with van der Waals surface area (Å²) in [5, 5.41) is 0. The summed E-state index contributed by atoms with van der Waals surface area (Å²) in [5.74, 6) is 3.21. The Morgan fingerprint density at radius 2 is 1.13 bits per heavy atom. The van der Waals surface area contributed by atoms with Crippen molar-refractivity contribution in [3.8, 4) is 22.5 Å². The molecule has 13 heteroatoms. The van der Waals surface area contributed by atoms with Crippen LogP contribution in [0.4, 0.5) is 0 Å². The number of para-hydroxylation sites is 2. The van der Waals surface area contributed by atoms with Crippen molar-refractivity contribution in [2.45, 2.75) is 62.3 Å². The molecule has 0 saturated heterocycles. The summed E-state index contributed by atoms with van der Waals surface area (Å²) in [6.45, 7) is 10.3. The Morgan fingerprint density at radius 3 is 1.90 bits per heavy atom. The predicted octanol–water partition coefficient (Wildman–Crippen LogP) is 12.3. The van der Waals surface area contributed by atoms with E-state index in [0.717, 1.165) is 80.8 Å². The zero-order valence-corrected chi connectivity index (χ0v) is 39.6. The number of benzene rings is 3. The molecule has 0 bridgehead atoms. The van der Waals surface area contributed by atoms with Gasteiger partial charge in [-0.25, -0.2) is 24.9 Å². The molecule has 2 aliphatic rings. The lowest BCUT2D eigenvalue weighted by molar-refractivity contribution is 0.810. The molecule has 10 aromatic heterocycles. The van der Waals surface area contributed by atoms with Crippen molar-refractivity contribution in [3.63, 3.8) is 0 Å². The number of hydrogen-bond acceptors (Lipinski definition) is 5. The van der Waals surface area contributed by atoms with E-state index in [1.807, 2.05) is 87.9 Å². The molecule has 0 unspecified atom stereocenters. The molecule has 13 nitrogen and oxygen atoms in total. The van der Waals surface area contributed by atoms with Crippen molar-refractivity contribution in [1.29, 1.82) is 0 Å². The Labute approximate surface area is 407 Å². The molecule has 0 atom stereocenters. The van der Waals surface area contributed by atoms with Crippen LogP contribution in [0.15, 0.2) is 140 Å². The van der Waals surface area contributed by atoms with Crippen molar-refractivity contribution in [1.82, 2.24) is 61.8 Å². The third-order valence-electron chi connectivity index (χ3n) is 13.3. The number of aryl methyl sites for hydroxylation is 6. The highest BCUT2D eigenvalue weighted by Gasteiger charge is 2.24. The standard InChI is InChI=1S/2C12H12N2.C11H11N3.2C10H9N3.2CH4/c1-8-13-12-10-6-4-3-5-9(10)7-11(12)14(8)2;1-8-13-11-7-9-5-3-4-6-10(9)12(11)14(8)2;1-8-7-14-10-6-4-3-5-9(10)12-11(14)13(8)2;1-7-6-8-10(11-7)12-9-4-2-3-5-13(8)9;1-7-6-8-10(11-7)13-5-3-2-4-9(13)12-8;;/h2*3-6H,7H2,1-2H3;3-7H,1-2H3;2*2-6,11H,1H3;2*1H4. The topological polar surface area (TPSA) is 124 Å². The molecule has 3 aromatic carbocycles. The summed E-state index contributed by atoms with van der Waals surface area (Å²) in [6.07, 6.45) is 8.18. The quantitative estimate of drug-likeness (QED) is 0.157. The highest BCUT2D eigenvalue weighted by molar-refractivity contribution is 5.81. The van der Waals surface area contributed by atoms with Gasteiger partial charge in [0.1, 0.15) is 34.1 Å². The summed E-state index contributed by atoms with van der Waals surface area (Å²) in [7, 11) is 6.22. The van der Waals surface area contributed by atoms with Crippen molar-refractivity contribution < 1.29 is 0 Å². The number of fused-ring (bicyclic) bond motifs is 15. The number of aromatic amines is 2. The Bertz CT molecular complexity index is 3880. The first-order valence-electron chi connectivity index (χ1n) is 23.0. The molecule has 0 aliphatic heterocycles. The van der Waals surface area contributed by atoms with Crippen LogP contribution in [-0.2, 0) is 34.0 Å². The lowest BCUT2D eigenvalue weighted by Gasteiger charge is -2.03. The van der Waals surface area contributed by atoms with Gasteiger partial charge in [0.15, 0.2) is 5.65 Å². The molecule has 13 aromatic rings. The number of pyridine rings is 2. The maximum Gasteiger partial charge on any atom is 0.214 e. The fourth-order valence-electron chi connectivity index (χ4n) is 9.55. The van der Waals surface area contributed by atoms with Crippen molar-refractivity contribution in [2.75, 3.05) is 0 Å². The molecule has 2 N–H and O–H groups in total. The van der Waals surface area contributed by atoms with Crippen LogP contribution < -0.4 is 0 Å². The first kappa shape index (κ1) is 46.7. The lowest BCUT2D eigenvalue weighted by Crippen LogP contribution is -1.97. The first-order valence-corrected chi connectivity index (χ1v) is 23.0. The van der Waals surface area contributed by atoms with Crippen LogP contribution in [0.3, 0.4) is 0 Å². The minimum absolute atomic E-state index is 0. The van der Waals surface area contributed by atoms with Gasteiger partial charge in [-0.3, -0.25) is 13.2 Å². The number of imidazole rings is 6. The summed E-state index contributed by atoms with van der Waals surface area (Å²) in [4.78, 5) is 29.1. The van der Waals surface area contributed by atoms with Crippen LogP contribution in [0.2, 0.25) is 0 Å². The Balaban J connectivity index is 0.000000108. The average Bonchev–Trinajstić information content (AvgIpc) is 4.24. The second kappa shape index (κ2) is 18.6. The van der Waals surface area contributed by atoms with Gasteiger partial charge < -0.3 is 23.7 Å². The molecule has 354 valence electrons. The van der Waals surface area contributed by atoms with E-state index in [4.69, 9.17) is 0 Å². The zero-order valence-electron chi connectivity index (χ0n) is 39.6. The van der Waals surface area contributed by atoms with Gasteiger partial charge in [-0.2, -0.15) is 0 Å². The maximum atomic E-state index is 4.60. The van der Waals surface area contributed by atoms with Crippen molar-refractivity contribution >= 4 is 50.4 Å². The van der Waals surface area contributed by atoms with Gasteiger partial charge in [0, 0.05) is 86.5 Å². The fourth-order valence-corrected chi connectivity index (χ4v) is 9.55. The molecular formula is C57H61N13. The second-order valence-electron chi connectivity index (χ2n) is 17.7. The monoisotopic (exact) mass is 928 g/mol. The van der Waals surface area contributed by atoms with Crippen molar-refractivity contribution in [2.24, 2.45) is 21.1 Å². The summed E-state index contributed by atoms with van der Waals surface area (Å²) in [6, 6.07) is 41.4. The van der Waals surface area contributed by atoms with Gasteiger partial charge in [-0.1, -0.05) is 87.6 Å². The van der Waals surface area contributed by atoms with Crippen LogP contribution in [0.5, 0.6) is 0 Å². The number of nitrogens with zero attached hydrogens (tertiary/aromatic N) is 11. The van der Waals surface area contributed by atoms with Crippen molar-refractivity contribution in [3.05, 3.63) is 191 Å². The summed E-state index contributed by atoms with van der Waals surface area (Å²) < 4.78 is 12.7. The molecule has 0 saturated carbocycles. The van der Waals surface area contributed by atoms with E-state index >= 15 is 0 Å². The average molecular weight is 928 g/mol. The van der Waals surface area contributed by atoms with Gasteiger partial charge in [0.05, 0.1) is 33.6 Å². The van der Waals surface area contributed by atoms with E-state index in [-0.39, 0.29) is 14.9 Å². The minimum Gasteiger partial charge on any atom is -0.343 e. The van der Waals surface area contributed by atoms with E-state index in [9.17, 15) is 0 Å². The normalized spacial score (nSPS) is 11.7. The largest absolute Gasteiger partial charge is 0.343 e. The fraction of sp³-hybridized carbons (Fsp3) is 0.211. The molecule has 2 aliphatic carbocycles. The first-order chi connectivity index (χ1) is 33.0. The van der Waals surface area contributed by atoms with E-state index in [1.54, 1.807) is 0 Å². The van der Waals surface area contributed by atoms with Gasteiger partial charge >= 0.3 is 0 Å². The second-order valence-corrected chi connectivity index (χ2v) is 17.7. The number of hydrogen-bond donors (Lipinski definition) is 2. The van der Waals surface area contributed by atoms with E-state index in [1.165, 1.54) is 56.2 Å². The van der Waals surface area contributed by atoms with Gasteiger partial charge in [0.25, 0.3) is 0 Å². The van der Waals surface area contributed by atoms with Crippen LogP contribution in [0, 0.1) is 34.6 Å². The van der Waals surface area contributed by atoms with Crippen LogP contribution in [0.25, 0.3) is 72.9 Å². The summed E-state index contributed by atoms with van der Waals surface area (Å²) >= 11 is 0. The molecular weight excluding hydrogens is 867 g/mol. The SMILES string of the molecule is C.C.Cc1cc2c(nc3ccccn32)[nH]1.Cc1cc2nc3ccccn3c2[nH]1.Cc1cn2c3ccccc3nc2n1C.Cc1nc2c(n1C)-c1ccccc1C2.Cc1nc2c(n1C)Cc1ccccc1-2. The van der Waals surface area contributed by atoms with Crippen LogP contribution >= 0.6 is 0 Å².